The Labute approximate surface area is 110 Å². The summed E-state index contributed by atoms with van der Waals surface area (Å²) in [6, 6.07) is 0.712. The Bertz CT molecular complexity index is 418. The van der Waals surface area contributed by atoms with E-state index < -0.39 is 23.3 Å². The van der Waals surface area contributed by atoms with Crippen molar-refractivity contribution in [1.29, 1.82) is 0 Å². The van der Waals surface area contributed by atoms with Crippen molar-refractivity contribution in [1.82, 2.24) is 0 Å². The van der Waals surface area contributed by atoms with E-state index in [1.54, 1.807) is 6.92 Å². The van der Waals surface area contributed by atoms with E-state index in [1.165, 1.54) is 0 Å². The van der Waals surface area contributed by atoms with Crippen molar-refractivity contribution in [3.63, 3.8) is 0 Å². The summed E-state index contributed by atoms with van der Waals surface area (Å²) < 4.78 is 51.9. The summed E-state index contributed by atoms with van der Waals surface area (Å²) in [4.78, 5) is 0. The number of hydrogen-bond acceptors (Lipinski definition) is 1. The van der Waals surface area contributed by atoms with Crippen LogP contribution >= 0.6 is 0 Å². The van der Waals surface area contributed by atoms with Crippen LogP contribution in [0.5, 0.6) is 0 Å². The summed E-state index contributed by atoms with van der Waals surface area (Å²) in [5.41, 5.74) is -0.132. The molecule has 0 aromatic heterocycles. The van der Waals surface area contributed by atoms with Gasteiger partial charge >= 0.3 is 0 Å². The van der Waals surface area contributed by atoms with E-state index in [4.69, 9.17) is 5.11 Å². The fourth-order valence-corrected chi connectivity index (χ4v) is 1.91. The zero-order chi connectivity index (χ0) is 14.4. The molecule has 0 spiro atoms. The maximum Gasteiger partial charge on any atom is 0.197 e. The van der Waals surface area contributed by atoms with Crippen molar-refractivity contribution in [2.45, 2.75) is 51.6 Å². The van der Waals surface area contributed by atoms with Gasteiger partial charge in [-0.05, 0) is 37.8 Å². The molecule has 0 bridgehead atoms. The highest BCUT2D eigenvalue weighted by Crippen LogP contribution is 2.20. The molecule has 0 saturated heterocycles. The molecule has 1 unspecified atom stereocenters. The minimum Gasteiger partial charge on any atom is -0.393 e. The normalized spacial score (nSPS) is 12.7. The van der Waals surface area contributed by atoms with Gasteiger partial charge in [0.05, 0.1) is 6.10 Å². The van der Waals surface area contributed by atoms with Crippen LogP contribution in [0.3, 0.4) is 0 Å². The van der Waals surface area contributed by atoms with Gasteiger partial charge in [-0.25, -0.2) is 17.6 Å². The summed E-state index contributed by atoms with van der Waals surface area (Å²) in [5.74, 6) is -6.17. The predicted molar refractivity (Wildman–Crippen MR) is 64.7 cm³/mol. The fourth-order valence-electron chi connectivity index (χ4n) is 1.91. The van der Waals surface area contributed by atoms with E-state index in [9.17, 15) is 17.6 Å². The smallest absolute Gasteiger partial charge is 0.197 e. The Morgan fingerprint density at radius 3 is 2.21 bits per heavy atom. The third kappa shape index (κ3) is 4.82. The number of rotatable bonds is 7. The topological polar surface area (TPSA) is 20.2 Å². The summed E-state index contributed by atoms with van der Waals surface area (Å²) in [7, 11) is 0. The van der Waals surface area contributed by atoms with E-state index in [2.05, 4.69) is 0 Å². The average Bonchev–Trinajstić information content (AvgIpc) is 2.36. The molecule has 0 saturated carbocycles. The molecule has 1 rings (SSSR count). The molecule has 1 aromatic carbocycles. The molecule has 0 aliphatic carbocycles. The van der Waals surface area contributed by atoms with Crippen LogP contribution in [0, 0.1) is 23.3 Å². The van der Waals surface area contributed by atoms with Gasteiger partial charge in [0, 0.05) is 0 Å². The molecule has 1 nitrogen and oxygen atoms in total. The van der Waals surface area contributed by atoms with Gasteiger partial charge in [0.2, 0.25) is 0 Å². The number of benzene rings is 1. The Balaban J connectivity index is 2.42. The molecule has 1 atom stereocenters. The highest BCUT2D eigenvalue weighted by molar-refractivity contribution is 5.21. The van der Waals surface area contributed by atoms with E-state index in [0.29, 0.717) is 18.9 Å². The van der Waals surface area contributed by atoms with E-state index in [1.807, 2.05) is 0 Å². The molecule has 0 aliphatic heterocycles. The second kappa shape index (κ2) is 7.48. The fraction of sp³-hybridized carbons (Fsp3) is 0.571. The molecule has 0 radical (unpaired) electrons. The van der Waals surface area contributed by atoms with Crippen LogP contribution < -0.4 is 0 Å². The van der Waals surface area contributed by atoms with Gasteiger partial charge in [-0.2, -0.15) is 0 Å². The summed E-state index contributed by atoms with van der Waals surface area (Å²) >= 11 is 0. The lowest BCUT2D eigenvalue weighted by molar-refractivity contribution is 0.180. The van der Waals surface area contributed by atoms with Crippen molar-refractivity contribution in [2.75, 3.05) is 0 Å². The lowest BCUT2D eigenvalue weighted by atomic mass is 10.0. The van der Waals surface area contributed by atoms with Gasteiger partial charge in [0.1, 0.15) is 0 Å². The zero-order valence-corrected chi connectivity index (χ0v) is 10.9. The molecule has 0 aliphatic rings. The predicted octanol–water partition coefficient (Wildman–Crippen LogP) is 4.12. The van der Waals surface area contributed by atoms with Crippen molar-refractivity contribution in [3.05, 3.63) is 34.9 Å². The first kappa shape index (κ1) is 16.0. The first-order chi connectivity index (χ1) is 8.93. The quantitative estimate of drug-likeness (QED) is 0.344. The van der Waals surface area contributed by atoms with Gasteiger partial charge in [-0.15, -0.1) is 0 Å². The summed E-state index contributed by atoms with van der Waals surface area (Å²) in [6.07, 6.45) is 3.60. The highest BCUT2D eigenvalue weighted by atomic mass is 19.2. The molecular weight excluding hydrogens is 260 g/mol. The first-order valence-electron chi connectivity index (χ1n) is 6.43. The molecule has 1 aromatic rings. The van der Waals surface area contributed by atoms with Crippen LogP contribution in [0.4, 0.5) is 17.6 Å². The Morgan fingerprint density at radius 2 is 1.58 bits per heavy atom. The van der Waals surface area contributed by atoms with Crippen LogP contribution in [0.1, 0.15) is 44.6 Å². The van der Waals surface area contributed by atoms with Crippen molar-refractivity contribution in [3.8, 4) is 0 Å². The minimum atomic E-state index is -1.77. The Kier molecular flexibility index (Phi) is 6.28. The van der Waals surface area contributed by atoms with Crippen molar-refractivity contribution < 1.29 is 22.7 Å². The molecule has 0 fully saturated rings. The second-order valence-corrected chi connectivity index (χ2v) is 4.76. The minimum absolute atomic E-state index is 0.132. The van der Waals surface area contributed by atoms with Crippen LogP contribution in [0.2, 0.25) is 0 Å². The SMILES string of the molecule is CC(O)CCCCCCc1cc(F)c(F)c(F)c1F. The van der Waals surface area contributed by atoms with Gasteiger partial charge in [0.25, 0.3) is 0 Å². The highest BCUT2D eigenvalue weighted by Gasteiger charge is 2.18. The van der Waals surface area contributed by atoms with Crippen LogP contribution in [-0.4, -0.2) is 11.2 Å². The monoisotopic (exact) mass is 278 g/mol. The molecular formula is C14H18F4O. The Hall–Kier alpha value is -1.10. The average molecular weight is 278 g/mol. The lowest BCUT2D eigenvalue weighted by Gasteiger charge is -2.06. The lowest BCUT2D eigenvalue weighted by Crippen LogP contribution is -2.02. The maximum atomic E-state index is 13.3. The van der Waals surface area contributed by atoms with Crippen LogP contribution in [0.15, 0.2) is 6.07 Å². The largest absolute Gasteiger partial charge is 0.393 e. The summed E-state index contributed by atoms with van der Waals surface area (Å²) in [5, 5.41) is 9.04. The van der Waals surface area contributed by atoms with E-state index in [0.717, 1.165) is 19.3 Å². The third-order valence-corrected chi connectivity index (χ3v) is 3.00. The van der Waals surface area contributed by atoms with Gasteiger partial charge in [-0.3, -0.25) is 0 Å². The zero-order valence-electron chi connectivity index (χ0n) is 10.9. The number of aliphatic hydroxyl groups excluding tert-OH is 1. The van der Waals surface area contributed by atoms with Crippen LogP contribution in [-0.2, 0) is 6.42 Å². The third-order valence-electron chi connectivity index (χ3n) is 3.00. The van der Waals surface area contributed by atoms with Crippen LogP contribution in [0.25, 0.3) is 0 Å². The molecule has 0 amide bonds. The Morgan fingerprint density at radius 1 is 0.947 bits per heavy atom. The number of hydrogen-bond donors (Lipinski definition) is 1. The van der Waals surface area contributed by atoms with Crippen molar-refractivity contribution in [2.24, 2.45) is 0 Å². The standard InChI is InChI=1S/C14H18F4O/c1-9(19)6-4-2-3-5-7-10-8-11(15)13(17)14(18)12(10)16/h8-9,19H,2-7H2,1H3. The number of unbranched alkanes of at least 4 members (excludes halogenated alkanes) is 3. The van der Waals surface area contributed by atoms with E-state index >= 15 is 0 Å². The first-order valence-corrected chi connectivity index (χ1v) is 6.43. The molecule has 0 heterocycles. The number of aryl methyl sites for hydroxylation is 1. The molecule has 108 valence electrons. The van der Waals surface area contributed by atoms with Crippen molar-refractivity contribution >= 4 is 0 Å². The second-order valence-electron chi connectivity index (χ2n) is 4.76. The molecule has 19 heavy (non-hydrogen) atoms. The maximum absolute atomic E-state index is 13.3. The molecule has 5 heteroatoms. The van der Waals surface area contributed by atoms with Gasteiger partial charge in [0.15, 0.2) is 23.3 Å². The van der Waals surface area contributed by atoms with Gasteiger partial charge < -0.3 is 5.11 Å². The molecule has 1 N–H and O–H groups in total. The van der Waals surface area contributed by atoms with Gasteiger partial charge in [-0.1, -0.05) is 19.3 Å². The number of aliphatic hydroxyl groups is 1. The number of halogens is 4. The van der Waals surface area contributed by atoms with E-state index in [-0.39, 0.29) is 18.1 Å². The summed E-state index contributed by atoms with van der Waals surface area (Å²) in [6.45, 7) is 1.71.